The zero-order valence-electron chi connectivity index (χ0n) is 15.9. The molecule has 1 nitrogen and oxygen atoms in total. The predicted octanol–water partition coefficient (Wildman–Crippen LogP) is 6.03. The summed E-state index contributed by atoms with van der Waals surface area (Å²) in [5.74, 6) is 0.264. The third-order valence-electron chi connectivity index (χ3n) is 6.63. The number of rotatable bonds is 4. The fourth-order valence-electron chi connectivity index (χ4n) is 5.52. The van der Waals surface area contributed by atoms with Gasteiger partial charge in [-0.15, -0.1) is 22.7 Å². The van der Waals surface area contributed by atoms with E-state index >= 15 is 0 Å². The van der Waals surface area contributed by atoms with Gasteiger partial charge < -0.3 is 0 Å². The third kappa shape index (κ3) is 2.39. The second-order valence-corrected chi connectivity index (χ2v) is 10.1. The number of thiophene rings is 2. The molecule has 0 fully saturated rings. The summed E-state index contributed by atoms with van der Waals surface area (Å²) < 4.78 is 15.5. The molecule has 4 heteroatoms. The molecule has 0 N–H and O–H groups in total. The lowest BCUT2D eigenvalue weighted by Crippen LogP contribution is -2.59. The van der Waals surface area contributed by atoms with Gasteiger partial charge in [-0.2, -0.15) is 4.57 Å². The van der Waals surface area contributed by atoms with Crippen LogP contribution in [0, 0.1) is 0 Å². The van der Waals surface area contributed by atoms with E-state index in [0.717, 1.165) is 11.3 Å². The highest BCUT2D eigenvalue weighted by atomic mass is 32.1. The van der Waals surface area contributed by atoms with Crippen LogP contribution in [-0.4, -0.2) is 6.67 Å². The van der Waals surface area contributed by atoms with Crippen molar-refractivity contribution in [2.75, 3.05) is 6.67 Å². The molecule has 0 unspecified atom stereocenters. The van der Waals surface area contributed by atoms with Gasteiger partial charge in [-0.05, 0) is 29.1 Å². The molecule has 1 aromatic carbocycles. The number of hydrogen-bond donors (Lipinski definition) is 0. The lowest BCUT2D eigenvalue weighted by atomic mass is 9.57. The van der Waals surface area contributed by atoms with Crippen molar-refractivity contribution >= 4 is 22.7 Å². The monoisotopic (exact) mass is 418 g/mol. The van der Waals surface area contributed by atoms with Gasteiger partial charge in [0.1, 0.15) is 0 Å². The smallest absolute Gasteiger partial charge is 0.190 e. The number of hydrogen-bond acceptors (Lipinski definition) is 2. The number of halogens is 1. The van der Waals surface area contributed by atoms with E-state index in [1.54, 1.807) is 0 Å². The van der Waals surface area contributed by atoms with Gasteiger partial charge in [0.2, 0.25) is 0 Å². The van der Waals surface area contributed by atoms with Gasteiger partial charge in [0.15, 0.2) is 17.9 Å². The van der Waals surface area contributed by atoms with Crippen LogP contribution in [0.4, 0.5) is 4.39 Å². The summed E-state index contributed by atoms with van der Waals surface area (Å²) >= 11 is 3.67. The lowest BCUT2D eigenvalue weighted by molar-refractivity contribution is -0.732. The molecule has 1 aliphatic carbocycles. The van der Waals surface area contributed by atoms with E-state index in [1.807, 2.05) is 22.7 Å². The second kappa shape index (κ2) is 6.61. The van der Waals surface area contributed by atoms with E-state index < -0.39 is 0 Å². The maximum atomic E-state index is 13.0. The molecular formula is C25H21FNS2+. The molecule has 4 aromatic rings. The summed E-state index contributed by atoms with van der Waals surface area (Å²) in [6.07, 6.45) is 3.80. The summed E-state index contributed by atoms with van der Waals surface area (Å²) in [6, 6.07) is 24.8. The zero-order valence-corrected chi connectivity index (χ0v) is 17.6. The maximum absolute atomic E-state index is 13.0. The Kier molecular flexibility index (Phi) is 4.00. The summed E-state index contributed by atoms with van der Waals surface area (Å²) in [7, 11) is 0. The molecule has 0 amide bonds. The SMILES string of the molecule is FCCc1ccc([C@@]2(c3cccs3)C[C@H]3c4ccccc4[C@@H]2c2cccc[n+]23)s1. The van der Waals surface area contributed by atoms with Gasteiger partial charge in [-0.3, -0.25) is 4.39 Å². The fourth-order valence-corrected chi connectivity index (χ4v) is 7.79. The second-order valence-electron chi connectivity index (χ2n) is 7.97. The van der Waals surface area contributed by atoms with E-state index in [4.69, 9.17) is 0 Å². The van der Waals surface area contributed by atoms with Crippen molar-refractivity contribution in [2.24, 2.45) is 0 Å². The van der Waals surface area contributed by atoms with Crippen LogP contribution in [0.1, 0.15) is 49.8 Å². The van der Waals surface area contributed by atoms with E-state index in [-0.39, 0.29) is 18.0 Å². The first-order valence-corrected chi connectivity index (χ1v) is 11.8. The van der Waals surface area contributed by atoms with Crippen molar-refractivity contribution in [3.8, 4) is 0 Å². The average Bonchev–Trinajstić information content (AvgIpc) is 3.47. The highest BCUT2D eigenvalue weighted by Gasteiger charge is 2.60. The zero-order chi connectivity index (χ0) is 19.4. The minimum Gasteiger partial charge on any atom is -0.251 e. The summed E-state index contributed by atoms with van der Waals surface area (Å²) in [5, 5.41) is 2.19. The number of pyridine rings is 1. The standard InChI is InChI=1S/C25H21FNS2/c26-13-12-17-10-11-23(29-17)25(22-9-5-15-28-22)16-21-18-6-1-2-7-19(18)24(25)20-8-3-4-14-27(20)21/h1-11,14-15,21,24H,12-13,16H2/q+1/t21-,24+,25-/m0/s1. The Hall–Kier alpha value is -2.30. The Bertz CT molecular complexity index is 1130. The summed E-state index contributed by atoms with van der Waals surface area (Å²) in [5.41, 5.74) is 4.20. The van der Waals surface area contributed by atoms with Gasteiger partial charge in [0.05, 0.1) is 18.0 Å². The highest BCUT2D eigenvalue weighted by Crippen LogP contribution is 2.61. The minimum atomic E-state index is -0.292. The molecule has 5 heterocycles. The van der Waals surface area contributed by atoms with Crippen LogP contribution in [0.3, 0.4) is 0 Å². The van der Waals surface area contributed by atoms with Crippen molar-refractivity contribution in [1.29, 1.82) is 0 Å². The molecule has 2 bridgehead atoms. The van der Waals surface area contributed by atoms with Crippen LogP contribution >= 0.6 is 22.7 Å². The maximum Gasteiger partial charge on any atom is 0.190 e. The third-order valence-corrected chi connectivity index (χ3v) is 9.00. The van der Waals surface area contributed by atoms with Crippen LogP contribution < -0.4 is 4.57 Å². The minimum absolute atomic E-state index is 0.0895. The Morgan fingerprint density at radius 2 is 1.79 bits per heavy atom. The number of benzene rings is 1. The average molecular weight is 419 g/mol. The van der Waals surface area contributed by atoms with Crippen LogP contribution in [0.2, 0.25) is 0 Å². The first-order valence-electron chi connectivity index (χ1n) is 10.1. The van der Waals surface area contributed by atoms with E-state index in [9.17, 15) is 4.39 Å². The molecule has 3 aliphatic rings. The Balaban J connectivity index is 1.66. The Morgan fingerprint density at radius 1 is 0.931 bits per heavy atom. The molecule has 0 spiro atoms. The number of fused-ring (bicyclic) bond motifs is 1. The summed E-state index contributed by atoms with van der Waals surface area (Å²) in [6.45, 7) is -0.292. The van der Waals surface area contributed by atoms with Crippen LogP contribution in [0.15, 0.2) is 78.3 Å². The molecule has 29 heavy (non-hydrogen) atoms. The van der Waals surface area contributed by atoms with Gasteiger partial charge in [-0.25, -0.2) is 0 Å². The van der Waals surface area contributed by atoms with Gasteiger partial charge >= 0.3 is 0 Å². The first kappa shape index (κ1) is 17.5. The summed E-state index contributed by atoms with van der Waals surface area (Å²) in [4.78, 5) is 3.95. The van der Waals surface area contributed by atoms with Crippen molar-refractivity contribution in [1.82, 2.24) is 0 Å². The van der Waals surface area contributed by atoms with E-state index in [0.29, 0.717) is 12.5 Å². The van der Waals surface area contributed by atoms with Gasteiger partial charge in [0.25, 0.3) is 0 Å². The van der Waals surface area contributed by atoms with Crippen LogP contribution in [-0.2, 0) is 11.8 Å². The van der Waals surface area contributed by atoms with Crippen molar-refractivity contribution in [2.45, 2.75) is 30.2 Å². The van der Waals surface area contributed by atoms with Crippen molar-refractivity contribution in [3.05, 3.63) is 110 Å². The molecule has 0 saturated carbocycles. The first-order chi connectivity index (χ1) is 14.3. The van der Waals surface area contributed by atoms with Crippen LogP contribution in [0.25, 0.3) is 0 Å². The Morgan fingerprint density at radius 3 is 2.62 bits per heavy atom. The topological polar surface area (TPSA) is 3.88 Å². The van der Waals surface area contributed by atoms with Crippen LogP contribution in [0.5, 0.6) is 0 Å². The number of aryl methyl sites for hydroxylation is 1. The molecule has 3 aromatic heterocycles. The molecular weight excluding hydrogens is 397 g/mol. The molecule has 0 radical (unpaired) electrons. The lowest BCUT2D eigenvalue weighted by Gasteiger charge is -2.48. The predicted molar refractivity (Wildman–Crippen MR) is 117 cm³/mol. The molecule has 7 rings (SSSR count). The molecule has 2 aliphatic heterocycles. The fraction of sp³-hybridized carbons (Fsp3) is 0.240. The molecule has 0 saturated heterocycles. The van der Waals surface area contributed by atoms with E-state index in [2.05, 4.69) is 82.9 Å². The van der Waals surface area contributed by atoms with E-state index in [1.165, 1.54) is 26.6 Å². The largest absolute Gasteiger partial charge is 0.251 e. The molecule has 3 atom stereocenters. The highest BCUT2D eigenvalue weighted by molar-refractivity contribution is 7.13. The van der Waals surface area contributed by atoms with Crippen molar-refractivity contribution < 1.29 is 8.96 Å². The van der Waals surface area contributed by atoms with Gasteiger partial charge in [-0.1, -0.05) is 36.4 Å². The molecule has 144 valence electrons. The van der Waals surface area contributed by atoms with Crippen molar-refractivity contribution in [3.63, 3.8) is 0 Å². The number of nitrogens with zero attached hydrogens (tertiary/aromatic N) is 1. The quantitative estimate of drug-likeness (QED) is 0.356. The normalized spacial score (nSPS) is 24.3. The van der Waals surface area contributed by atoms with Gasteiger partial charge in [0, 0.05) is 45.2 Å². The Labute approximate surface area is 178 Å². The number of alkyl halides is 1. The number of aromatic nitrogens is 1.